The average Bonchev–Trinajstić information content (AvgIpc) is 3.06. The minimum atomic E-state index is -0.842. The van der Waals surface area contributed by atoms with Gasteiger partial charge in [-0.2, -0.15) is 4.99 Å². The van der Waals surface area contributed by atoms with Crippen LogP contribution >= 0.6 is 11.3 Å². The minimum absolute atomic E-state index is 0.0809. The Morgan fingerprint density at radius 1 is 1.29 bits per heavy atom. The summed E-state index contributed by atoms with van der Waals surface area (Å²) >= 11 is 1.26. The van der Waals surface area contributed by atoms with Crippen molar-refractivity contribution in [2.45, 2.75) is 19.6 Å². The maximum absolute atomic E-state index is 14.4. The van der Waals surface area contributed by atoms with Crippen molar-refractivity contribution in [1.82, 2.24) is 4.57 Å². The van der Waals surface area contributed by atoms with Crippen LogP contribution in [-0.4, -0.2) is 36.4 Å². The van der Waals surface area contributed by atoms with E-state index < -0.39 is 12.0 Å². The number of carbonyl (C=O) groups excluding carboxylic acids is 1. The van der Waals surface area contributed by atoms with E-state index in [0.717, 1.165) is 0 Å². The first kappa shape index (κ1) is 18.6. The van der Waals surface area contributed by atoms with Crippen molar-refractivity contribution in [2.24, 2.45) is 4.99 Å². The zero-order chi connectivity index (χ0) is 19.5. The van der Waals surface area contributed by atoms with Gasteiger partial charge in [0.2, 0.25) is 6.10 Å². The summed E-state index contributed by atoms with van der Waals surface area (Å²) in [4.78, 5) is 17.4. The zero-order valence-corrected chi connectivity index (χ0v) is 16.1. The van der Waals surface area contributed by atoms with Crippen molar-refractivity contribution in [3.63, 3.8) is 0 Å². The molecule has 0 aliphatic carbocycles. The van der Waals surface area contributed by atoms with Crippen LogP contribution < -0.4 is 14.3 Å². The van der Waals surface area contributed by atoms with Crippen molar-refractivity contribution in [3.8, 4) is 11.5 Å². The van der Waals surface area contributed by atoms with Gasteiger partial charge in [0.15, 0.2) is 16.3 Å². The number of aromatic nitrogens is 1. The van der Waals surface area contributed by atoms with E-state index in [-0.39, 0.29) is 12.4 Å². The van der Waals surface area contributed by atoms with E-state index in [1.807, 2.05) is 19.1 Å². The van der Waals surface area contributed by atoms with Gasteiger partial charge >= 0.3 is 0 Å². The third-order valence-corrected chi connectivity index (χ3v) is 5.35. The number of nitrogens with zero attached hydrogens (tertiary/aromatic N) is 2. The largest absolute Gasteiger partial charge is 0.485 e. The molecule has 0 unspecified atom stereocenters. The van der Waals surface area contributed by atoms with E-state index in [2.05, 4.69) is 4.99 Å². The summed E-state index contributed by atoms with van der Waals surface area (Å²) in [6.45, 7) is 3.32. The highest BCUT2D eigenvalue weighted by molar-refractivity contribution is 7.16. The third kappa shape index (κ3) is 3.65. The van der Waals surface area contributed by atoms with E-state index in [0.29, 0.717) is 46.3 Å². The fraction of sp³-hybridized carbons (Fsp3) is 0.300. The monoisotopic (exact) mass is 402 g/mol. The zero-order valence-electron chi connectivity index (χ0n) is 15.3. The Morgan fingerprint density at radius 2 is 2.11 bits per heavy atom. The van der Waals surface area contributed by atoms with Crippen LogP contribution in [0, 0.1) is 5.82 Å². The number of para-hydroxylation sites is 3. The average molecular weight is 402 g/mol. The standard InChI is InChI=1S/C20H19FN2O4S/c1-2-25-11-10-23-18-13(21)6-5-9-17(18)28-20(23)22-19(24)16-12-26-14-7-3-4-8-15(14)27-16/h3-9,16H,2,10-12H2,1H3/t16-/m0/s1. The Kier molecular flexibility index (Phi) is 5.40. The molecular weight excluding hydrogens is 383 g/mol. The normalized spacial score (nSPS) is 16.5. The number of amides is 1. The molecule has 28 heavy (non-hydrogen) atoms. The van der Waals surface area contributed by atoms with Gasteiger partial charge in [0.05, 0.1) is 16.8 Å². The Balaban J connectivity index is 1.68. The summed E-state index contributed by atoms with van der Waals surface area (Å²) in [5.41, 5.74) is 0.421. The maximum atomic E-state index is 14.4. The Hall–Kier alpha value is -2.71. The molecule has 1 aliphatic heterocycles. The molecule has 0 N–H and O–H groups in total. The first-order valence-electron chi connectivity index (χ1n) is 9.00. The maximum Gasteiger partial charge on any atom is 0.292 e. The number of ether oxygens (including phenoxy) is 3. The van der Waals surface area contributed by atoms with Crippen LogP contribution in [0.5, 0.6) is 11.5 Å². The van der Waals surface area contributed by atoms with Gasteiger partial charge in [-0.1, -0.05) is 29.5 Å². The predicted octanol–water partition coefficient (Wildman–Crippen LogP) is 3.15. The SMILES string of the molecule is CCOCCn1c(=NC(=O)[C@@H]2COc3ccccc3O2)sc2cccc(F)c21. The highest BCUT2D eigenvalue weighted by Gasteiger charge is 2.27. The number of benzene rings is 2. The molecule has 3 aromatic rings. The van der Waals surface area contributed by atoms with Crippen molar-refractivity contribution in [3.05, 3.63) is 53.1 Å². The first-order valence-corrected chi connectivity index (χ1v) is 9.81. The molecule has 1 aliphatic rings. The van der Waals surface area contributed by atoms with E-state index in [1.54, 1.807) is 28.8 Å². The van der Waals surface area contributed by atoms with E-state index >= 15 is 0 Å². The fourth-order valence-corrected chi connectivity index (χ4v) is 4.06. The summed E-state index contributed by atoms with van der Waals surface area (Å²) in [5, 5.41) is 0. The lowest BCUT2D eigenvalue weighted by Crippen LogP contribution is -2.37. The molecule has 6 nitrogen and oxygen atoms in total. The fourth-order valence-electron chi connectivity index (χ4n) is 2.99. The van der Waals surface area contributed by atoms with Crippen LogP contribution in [0.25, 0.3) is 10.2 Å². The quantitative estimate of drug-likeness (QED) is 0.615. The number of carbonyl (C=O) groups is 1. The second-order valence-electron chi connectivity index (χ2n) is 6.13. The van der Waals surface area contributed by atoms with Crippen molar-refractivity contribution < 1.29 is 23.4 Å². The molecule has 2 aromatic carbocycles. The van der Waals surface area contributed by atoms with Crippen LogP contribution in [0.4, 0.5) is 4.39 Å². The van der Waals surface area contributed by atoms with Crippen LogP contribution in [0.2, 0.25) is 0 Å². The molecule has 0 fully saturated rings. The highest BCUT2D eigenvalue weighted by Crippen LogP contribution is 2.31. The lowest BCUT2D eigenvalue weighted by Gasteiger charge is -2.23. The predicted molar refractivity (Wildman–Crippen MR) is 103 cm³/mol. The molecule has 0 saturated heterocycles. The van der Waals surface area contributed by atoms with Crippen LogP contribution in [0.1, 0.15) is 6.92 Å². The van der Waals surface area contributed by atoms with Crippen molar-refractivity contribution in [2.75, 3.05) is 19.8 Å². The topological polar surface area (TPSA) is 62.1 Å². The molecule has 2 heterocycles. The van der Waals surface area contributed by atoms with E-state index in [9.17, 15) is 9.18 Å². The summed E-state index contributed by atoms with van der Waals surface area (Å²) in [7, 11) is 0. The van der Waals surface area contributed by atoms with Gasteiger partial charge < -0.3 is 18.8 Å². The number of fused-ring (bicyclic) bond motifs is 2. The smallest absolute Gasteiger partial charge is 0.292 e. The number of hydrogen-bond acceptors (Lipinski definition) is 5. The molecule has 1 atom stereocenters. The van der Waals surface area contributed by atoms with Crippen LogP contribution in [0.3, 0.4) is 0 Å². The number of thiazole rings is 1. The summed E-state index contributed by atoms with van der Waals surface area (Å²) < 4.78 is 33.5. The second-order valence-corrected chi connectivity index (χ2v) is 7.14. The molecule has 146 valence electrons. The summed E-state index contributed by atoms with van der Waals surface area (Å²) in [6, 6.07) is 12.0. The molecule has 0 bridgehead atoms. The van der Waals surface area contributed by atoms with E-state index in [1.165, 1.54) is 17.4 Å². The molecule has 1 amide bonds. The second kappa shape index (κ2) is 8.12. The molecule has 1 aromatic heterocycles. The van der Waals surface area contributed by atoms with Gasteiger partial charge in [0, 0.05) is 13.2 Å². The van der Waals surface area contributed by atoms with Gasteiger partial charge in [-0.25, -0.2) is 4.39 Å². The highest BCUT2D eigenvalue weighted by atomic mass is 32.1. The molecule has 8 heteroatoms. The van der Waals surface area contributed by atoms with Crippen molar-refractivity contribution >= 4 is 27.5 Å². The van der Waals surface area contributed by atoms with Gasteiger partial charge in [-0.15, -0.1) is 0 Å². The third-order valence-electron chi connectivity index (χ3n) is 4.31. The lowest BCUT2D eigenvalue weighted by atomic mass is 10.2. The Bertz CT molecular complexity index is 1080. The molecular formula is C20H19FN2O4S. The minimum Gasteiger partial charge on any atom is -0.485 e. The summed E-state index contributed by atoms with van der Waals surface area (Å²) in [6.07, 6.45) is -0.842. The first-order chi connectivity index (χ1) is 13.7. The van der Waals surface area contributed by atoms with Gasteiger partial charge in [0.1, 0.15) is 12.4 Å². The van der Waals surface area contributed by atoms with Crippen molar-refractivity contribution in [1.29, 1.82) is 0 Å². The molecule has 0 spiro atoms. The number of halogens is 1. The van der Waals surface area contributed by atoms with Gasteiger partial charge in [0.25, 0.3) is 5.91 Å². The number of rotatable bonds is 5. The Morgan fingerprint density at radius 3 is 2.93 bits per heavy atom. The molecule has 0 saturated carbocycles. The van der Waals surface area contributed by atoms with Crippen LogP contribution in [0.15, 0.2) is 47.5 Å². The lowest BCUT2D eigenvalue weighted by molar-refractivity contribution is -0.127. The number of hydrogen-bond donors (Lipinski definition) is 0. The Labute approximate surface area is 164 Å². The summed E-state index contributed by atoms with van der Waals surface area (Å²) in [5.74, 6) is 0.285. The molecule has 4 rings (SSSR count). The van der Waals surface area contributed by atoms with Crippen LogP contribution in [-0.2, 0) is 16.1 Å². The molecule has 0 radical (unpaired) electrons. The van der Waals surface area contributed by atoms with E-state index in [4.69, 9.17) is 14.2 Å². The van der Waals surface area contributed by atoms with Gasteiger partial charge in [-0.3, -0.25) is 4.79 Å². The van der Waals surface area contributed by atoms with Gasteiger partial charge in [-0.05, 0) is 31.2 Å².